The van der Waals surface area contributed by atoms with E-state index in [0.717, 1.165) is 21.4 Å². The lowest BCUT2D eigenvalue weighted by Crippen LogP contribution is -2.32. The van der Waals surface area contributed by atoms with Crippen LogP contribution in [0.1, 0.15) is 11.4 Å². The number of hydrazine groups is 1. The molecule has 0 spiro atoms. The van der Waals surface area contributed by atoms with Crippen molar-refractivity contribution in [3.05, 3.63) is 52.3 Å². The fourth-order valence-corrected chi connectivity index (χ4v) is 2.54. The Bertz CT molecular complexity index is 841. The second kappa shape index (κ2) is 5.86. The highest BCUT2D eigenvalue weighted by Crippen LogP contribution is 2.26. The van der Waals surface area contributed by atoms with E-state index >= 15 is 0 Å². The van der Waals surface area contributed by atoms with E-state index in [9.17, 15) is 4.79 Å². The third-order valence-electron chi connectivity index (χ3n) is 3.31. The third-order valence-corrected chi connectivity index (χ3v) is 3.84. The molecule has 3 N–H and O–H groups in total. The highest BCUT2D eigenvalue weighted by molar-refractivity contribution is 9.10. The summed E-state index contributed by atoms with van der Waals surface area (Å²) in [6.45, 7) is 1.89. The van der Waals surface area contributed by atoms with E-state index in [1.54, 1.807) is 4.52 Å². The maximum Gasteiger partial charge on any atom is 0.239 e. The molecule has 0 bridgehead atoms. The summed E-state index contributed by atoms with van der Waals surface area (Å²) in [7, 11) is 0. The van der Waals surface area contributed by atoms with Crippen LogP contribution in [0.15, 0.2) is 40.9 Å². The second-order valence-corrected chi connectivity index (χ2v) is 5.82. The first-order valence-electron chi connectivity index (χ1n) is 6.69. The number of aromatic nitrogens is 3. The highest BCUT2D eigenvalue weighted by atomic mass is 79.9. The molecule has 0 saturated carbocycles. The summed E-state index contributed by atoms with van der Waals surface area (Å²) in [5.74, 6) is 4.93. The summed E-state index contributed by atoms with van der Waals surface area (Å²) in [6, 6.07) is 11.5. The molecule has 1 amide bonds. The zero-order valence-electron chi connectivity index (χ0n) is 11.9. The molecule has 0 atom stereocenters. The van der Waals surface area contributed by atoms with Crippen LogP contribution in [-0.2, 0) is 11.2 Å². The number of rotatable bonds is 3. The van der Waals surface area contributed by atoms with Gasteiger partial charge in [0.2, 0.25) is 5.91 Å². The fourth-order valence-electron chi connectivity index (χ4n) is 2.27. The summed E-state index contributed by atoms with van der Waals surface area (Å²) in [6.07, 6.45) is 0.111. The maximum atomic E-state index is 11.7. The number of nitrogens with one attached hydrogen (secondary N) is 1. The first-order valence-corrected chi connectivity index (χ1v) is 7.48. The highest BCUT2D eigenvalue weighted by Gasteiger charge is 2.17. The molecule has 112 valence electrons. The van der Waals surface area contributed by atoms with Crippen LogP contribution >= 0.6 is 15.9 Å². The number of aryl methyl sites for hydroxylation is 1. The topological polar surface area (TPSA) is 85.3 Å². The molecule has 0 fully saturated rings. The van der Waals surface area contributed by atoms with Crippen LogP contribution in [0.2, 0.25) is 0 Å². The lowest BCUT2D eigenvalue weighted by molar-refractivity contribution is -0.120. The molecule has 1 aromatic carbocycles. The van der Waals surface area contributed by atoms with Gasteiger partial charge >= 0.3 is 0 Å². The number of benzene rings is 1. The van der Waals surface area contributed by atoms with Crippen molar-refractivity contribution < 1.29 is 4.79 Å². The van der Waals surface area contributed by atoms with Gasteiger partial charge in [-0.1, -0.05) is 28.1 Å². The minimum Gasteiger partial charge on any atom is -0.294 e. The van der Waals surface area contributed by atoms with E-state index in [1.165, 1.54) is 0 Å². The SMILES string of the molecule is Cc1ccc2nc(-c3ccc(Br)cc3)c(CC(=O)NN)n2n1. The third kappa shape index (κ3) is 2.72. The minimum atomic E-state index is -0.288. The monoisotopic (exact) mass is 359 g/mol. The lowest BCUT2D eigenvalue weighted by Gasteiger charge is -2.04. The summed E-state index contributed by atoms with van der Waals surface area (Å²) in [5, 5.41) is 4.45. The van der Waals surface area contributed by atoms with Gasteiger partial charge < -0.3 is 0 Å². The Morgan fingerprint density at radius 2 is 2.00 bits per heavy atom. The van der Waals surface area contributed by atoms with Gasteiger partial charge in [0.25, 0.3) is 0 Å². The Balaban J connectivity index is 2.21. The number of imidazole rings is 1. The van der Waals surface area contributed by atoms with Gasteiger partial charge in [-0.3, -0.25) is 10.2 Å². The smallest absolute Gasteiger partial charge is 0.239 e. The summed E-state index contributed by atoms with van der Waals surface area (Å²) >= 11 is 3.41. The van der Waals surface area contributed by atoms with E-state index < -0.39 is 0 Å². The van der Waals surface area contributed by atoms with Crippen molar-refractivity contribution in [3.8, 4) is 11.3 Å². The van der Waals surface area contributed by atoms with Gasteiger partial charge in [-0.05, 0) is 31.2 Å². The number of carbonyl (C=O) groups excluding carboxylic acids is 1. The molecule has 2 heterocycles. The van der Waals surface area contributed by atoms with Crippen LogP contribution in [0.25, 0.3) is 16.9 Å². The first-order chi connectivity index (χ1) is 10.6. The minimum absolute atomic E-state index is 0.111. The predicted octanol–water partition coefficient (Wildman–Crippen LogP) is 2.00. The van der Waals surface area contributed by atoms with Crippen LogP contribution in [0.5, 0.6) is 0 Å². The van der Waals surface area contributed by atoms with Gasteiger partial charge in [0.15, 0.2) is 5.65 Å². The van der Waals surface area contributed by atoms with Crippen molar-refractivity contribution in [1.82, 2.24) is 20.0 Å². The Morgan fingerprint density at radius 3 is 2.68 bits per heavy atom. The lowest BCUT2D eigenvalue weighted by atomic mass is 10.1. The summed E-state index contributed by atoms with van der Waals surface area (Å²) in [4.78, 5) is 16.3. The molecule has 3 rings (SSSR count). The van der Waals surface area contributed by atoms with Crippen LogP contribution in [0, 0.1) is 6.92 Å². The van der Waals surface area contributed by atoms with Crippen LogP contribution in [-0.4, -0.2) is 20.5 Å². The van der Waals surface area contributed by atoms with E-state index in [4.69, 9.17) is 5.84 Å². The van der Waals surface area contributed by atoms with Crippen LogP contribution in [0.4, 0.5) is 0 Å². The van der Waals surface area contributed by atoms with Gasteiger partial charge in [0.05, 0.1) is 23.5 Å². The van der Waals surface area contributed by atoms with Crippen molar-refractivity contribution in [3.63, 3.8) is 0 Å². The zero-order valence-corrected chi connectivity index (χ0v) is 13.5. The second-order valence-electron chi connectivity index (χ2n) is 4.90. The Morgan fingerprint density at radius 1 is 1.27 bits per heavy atom. The molecule has 0 saturated heterocycles. The molecule has 3 aromatic rings. The maximum absolute atomic E-state index is 11.7. The van der Waals surface area contributed by atoms with Gasteiger partial charge in [0, 0.05) is 10.0 Å². The number of nitrogens with zero attached hydrogens (tertiary/aromatic N) is 3. The van der Waals surface area contributed by atoms with Crippen molar-refractivity contribution in [2.45, 2.75) is 13.3 Å². The number of amides is 1. The van der Waals surface area contributed by atoms with Crippen molar-refractivity contribution in [2.24, 2.45) is 5.84 Å². The predicted molar refractivity (Wildman–Crippen MR) is 86.9 cm³/mol. The molecule has 0 radical (unpaired) electrons. The molecule has 7 heteroatoms. The van der Waals surface area contributed by atoms with Crippen molar-refractivity contribution >= 4 is 27.5 Å². The zero-order chi connectivity index (χ0) is 15.7. The normalized spacial score (nSPS) is 10.9. The molecular weight excluding hydrogens is 346 g/mol. The first kappa shape index (κ1) is 14.7. The molecule has 0 aliphatic carbocycles. The average molecular weight is 360 g/mol. The van der Waals surface area contributed by atoms with E-state index in [-0.39, 0.29) is 12.3 Å². The summed E-state index contributed by atoms with van der Waals surface area (Å²) in [5.41, 5.74) is 6.07. The van der Waals surface area contributed by atoms with E-state index in [0.29, 0.717) is 11.3 Å². The summed E-state index contributed by atoms with van der Waals surface area (Å²) < 4.78 is 2.68. The number of fused-ring (bicyclic) bond motifs is 1. The van der Waals surface area contributed by atoms with Crippen molar-refractivity contribution in [1.29, 1.82) is 0 Å². The molecule has 0 unspecified atom stereocenters. The largest absolute Gasteiger partial charge is 0.294 e. The Labute approximate surface area is 135 Å². The number of carbonyl (C=O) groups is 1. The molecule has 2 aromatic heterocycles. The molecular formula is C15H14BrN5O. The molecule has 6 nitrogen and oxygen atoms in total. The quantitative estimate of drug-likeness (QED) is 0.425. The van der Waals surface area contributed by atoms with Gasteiger partial charge in [-0.25, -0.2) is 15.3 Å². The number of hydrogen-bond donors (Lipinski definition) is 2. The van der Waals surface area contributed by atoms with Gasteiger partial charge in [0.1, 0.15) is 0 Å². The van der Waals surface area contributed by atoms with Crippen molar-refractivity contribution in [2.75, 3.05) is 0 Å². The van der Waals surface area contributed by atoms with E-state index in [1.807, 2.05) is 43.3 Å². The Kier molecular flexibility index (Phi) is 3.91. The fraction of sp³-hybridized carbons (Fsp3) is 0.133. The molecule has 0 aliphatic heterocycles. The Hall–Kier alpha value is -2.25. The average Bonchev–Trinajstić information content (AvgIpc) is 2.86. The molecule has 22 heavy (non-hydrogen) atoms. The van der Waals surface area contributed by atoms with Crippen LogP contribution in [0.3, 0.4) is 0 Å². The van der Waals surface area contributed by atoms with E-state index in [2.05, 4.69) is 31.4 Å². The molecule has 0 aliphatic rings. The number of hydrogen-bond acceptors (Lipinski definition) is 4. The van der Waals surface area contributed by atoms with Crippen LogP contribution < -0.4 is 11.3 Å². The standard InChI is InChI=1S/C15H14BrN5O/c1-9-2-7-13-18-15(10-3-5-11(16)6-4-10)12(21(13)20-9)8-14(22)19-17/h2-7H,8,17H2,1H3,(H,19,22). The van der Waals surface area contributed by atoms with Gasteiger partial charge in [-0.2, -0.15) is 5.10 Å². The van der Waals surface area contributed by atoms with Gasteiger partial charge in [-0.15, -0.1) is 0 Å². The number of halogens is 1. The number of nitrogens with two attached hydrogens (primary N) is 1.